The van der Waals surface area contributed by atoms with E-state index in [9.17, 15) is 4.79 Å². The van der Waals surface area contributed by atoms with Crippen LogP contribution in [0.1, 0.15) is 28.7 Å². The number of morpholine rings is 1. The van der Waals surface area contributed by atoms with Crippen LogP contribution in [0.5, 0.6) is 5.75 Å². The van der Waals surface area contributed by atoms with Crippen LogP contribution < -0.4 is 20.2 Å². The molecule has 1 fully saturated rings. The molecule has 1 N–H and O–H groups in total. The zero-order valence-electron chi connectivity index (χ0n) is 17.6. The fourth-order valence-corrected chi connectivity index (χ4v) is 5.17. The minimum Gasteiger partial charge on any atom is -0.473 e. The molecule has 3 aliphatic rings. The van der Waals surface area contributed by atoms with Crippen LogP contribution in [0.15, 0.2) is 45.6 Å². The molecule has 1 aromatic heterocycles. The number of aryl methyl sites for hydroxylation is 1. The molecule has 0 atom stereocenters. The predicted molar refractivity (Wildman–Crippen MR) is 118 cm³/mol. The average molecular weight is 420 g/mol. The molecule has 160 valence electrons. The Morgan fingerprint density at radius 3 is 2.58 bits per heavy atom. The first-order valence-corrected chi connectivity index (χ1v) is 11.2. The third-order valence-corrected chi connectivity index (χ3v) is 6.88. The minimum atomic E-state index is -0.180. The number of quaternary nitrogens is 1. The molecule has 0 radical (unpaired) electrons. The molecule has 0 spiro atoms. The van der Waals surface area contributed by atoms with Crippen molar-refractivity contribution in [2.45, 2.75) is 32.4 Å². The van der Waals surface area contributed by atoms with Gasteiger partial charge in [0.2, 0.25) is 0 Å². The lowest BCUT2D eigenvalue weighted by Crippen LogP contribution is -3.12. The monoisotopic (exact) mass is 419 g/mol. The molecule has 0 bridgehead atoms. The molecule has 0 unspecified atom stereocenters. The van der Waals surface area contributed by atoms with Crippen molar-refractivity contribution in [3.05, 3.63) is 69.1 Å². The highest BCUT2D eigenvalue weighted by molar-refractivity contribution is 5.87. The molecule has 2 aliphatic heterocycles. The number of hydrogen-bond donors (Lipinski definition) is 1. The molecule has 6 rings (SSSR count). The molecule has 3 heterocycles. The Balaban J connectivity index is 1.27. The van der Waals surface area contributed by atoms with E-state index in [0.717, 1.165) is 80.1 Å². The SMILES string of the molecule is O=c1oc2c3c(ccc2c2c1CCC2)OCN(c1ccc(C[NH+]2CCOCC2)cc1)C3. The van der Waals surface area contributed by atoms with Crippen molar-refractivity contribution in [1.82, 2.24) is 0 Å². The van der Waals surface area contributed by atoms with E-state index in [0.29, 0.717) is 18.9 Å². The lowest BCUT2D eigenvalue weighted by Gasteiger charge is -2.31. The van der Waals surface area contributed by atoms with Crippen molar-refractivity contribution in [3.8, 4) is 5.75 Å². The lowest BCUT2D eigenvalue weighted by molar-refractivity contribution is -0.921. The van der Waals surface area contributed by atoms with Gasteiger partial charge in [-0.05, 0) is 49.1 Å². The summed E-state index contributed by atoms with van der Waals surface area (Å²) >= 11 is 0. The first kappa shape index (κ1) is 18.9. The Morgan fingerprint density at radius 2 is 1.74 bits per heavy atom. The second-order valence-electron chi connectivity index (χ2n) is 8.80. The quantitative estimate of drug-likeness (QED) is 0.659. The van der Waals surface area contributed by atoms with Gasteiger partial charge in [0.05, 0.1) is 25.3 Å². The Morgan fingerprint density at radius 1 is 0.935 bits per heavy atom. The van der Waals surface area contributed by atoms with Gasteiger partial charge in [-0.3, -0.25) is 0 Å². The Bertz CT molecular complexity index is 1180. The molecule has 6 nitrogen and oxygen atoms in total. The van der Waals surface area contributed by atoms with Crippen molar-refractivity contribution in [2.75, 3.05) is 37.9 Å². The van der Waals surface area contributed by atoms with Crippen LogP contribution in [0.2, 0.25) is 0 Å². The summed E-state index contributed by atoms with van der Waals surface area (Å²) in [5, 5.41) is 1.07. The number of benzene rings is 2. The van der Waals surface area contributed by atoms with Crippen molar-refractivity contribution >= 4 is 16.7 Å². The van der Waals surface area contributed by atoms with Crippen LogP contribution in [0, 0.1) is 0 Å². The fraction of sp³-hybridized carbons (Fsp3) is 0.400. The minimum absolute atomic E-state index is 0.180. The van der Waals surface area contributed by atoms with E-state index in [2.05, 4.69) is 35.2 Å². The predicted octanol–water partition coefficient (Wildman–Crippen LogP) is 2.05. The van der Waals surface area contributed by atoms with E-state index < -0.39 is 0 Å². The second kappa shape index (κ2) is 7.70. The molecular formula is C25H27N2O4+. The summed E-state index contributed by atoms with van der Waals surface area (Å²) < 4.78 is 17.3. The van der Waals surface area contributed by atoms with Gasteiger partial charge in [0.15, 0.2) is 6.73 Å². The van der Waals surface area contributed by atoms with Gasteiger partial charge in [-0.25, -0.2) is 4.79 Å². The average Bonchev–Trinajstić information content (AvgIpc) is 3.31. The van der Waals surface area contributed by atoms with Gasteiger partial charge in [-0.1, -0.05) is 12.1 Å². The molecule has 0 amide bonds. The molecule has 31 heavy (non-hydrogen) atoms. The summed E-state index contributed by atoms with van der Waals surface area (Å²) in [7, 11) is 0. The van der Waals surface area contributed by atoms with Crippen LogP contribution in [-0.4, -0.2) is 33.0 Å². The van der Waals surface area contributed by atoms with Gasteiger partial charge in [-0.2, -0.15) is 0 Å². The largest absolute Gasteiger partial charge is 0.473 e. The third-order valence-electron chi connectivity index (χ3n) is 6.88. The van der Waals surface area contributed by atoms with E-state index in [1.807, 2.05) is 6.07 Å². The Labute approximate surface area is 181 Å². The van der Waals surface area contributed by atoms with Crippen LogP contribution in [0.3, 0.4) is 0 Å². The van der Waals surface area contributed by atoms with Crippen LogP contribution in [0.4, 0.5) is 5.69 Å². The smallest absolute Gasteiger partial charge is 0.339 e. The number of anilines is 1. The number of rotatable bonds is 3. The van der Waals surface area contributed by atoms with E-state index in [-0.39, 0.29) is 5.63 Å². The highest BCUT2D eigenvalue weighted by Crippen LogP contribution is 2.37. The zero-order chi connectivity index (χ0) is 20.8. The lowest BCUT2D eigenvalue weighted by atomic mass is 10.0. The third kappa shape index (κ3) is 3.40. The molecule has 6 heteroatoms. The summed E-state index contributed by atoms with van der Waals surface area (Å²) in [4.78, 5) is 16.3. The van der Waals surface area contributed by atoms with Crippen molar-refractivity contribution in [1.29, 1.82) is 0 Å². The molecular weight excluding hydrogens is 392 g/mol. The number of nitrogens with zero attached hydrogens (tertiary/aromatic N) is 1. The normalized spacial score (nSPS) is 18.6. The van der Waals surface area contributed by atoms with Crippen molar-refractivity contribution in [2.24, 2.45) is 0 Å². The fourth-order valence-electron chi connectivity index (χ4n) is 5.17. The summed E-state index contributed by atoms with van der Waals surface area (Å²) in [5.74, 6) is 0.817. The van der Waals surface area contributed by atoms with Gasteiger partial charge in [0, 0.05) is 22.2 Å². The number of ether oxygens (including phenoxy) is 2. The van der Waals surface area contributed by atoms with Gasteiger partial charge in [-0.15, -0.1) is 0 Å². The Kier molecular flexibility index (Phi) is 4.69. The molecule has 1 saturated heterocycles. The summed E-state index contributed by atoms with van der Waals surface area (Å²) in [6.45, 7) is 6.03. The number of hydrogen-bond acceptors (Lipinski definition) is 5. The van der Waals surface area contributed by atoms with Gasteiger partial charge in [0.1, 0.15) is 31.0 Å². The maximum Gasteiger partial charge on any atom is 0.339 e. The van der Waals surface area contributed by atoms with E-state index >= 15 is 0 Å². The van der Waals surface area contributed by atoms with Crippen LogP contribution >= 0.6 is 0 Å². The summed E-state index contributed by atoms with van der Waals surface area (Å²) in [6, 6.07) is 12.8. The maximum absolute atomic E-state index is 12.5. The summed E-state index contributed by atoms with van der Waals surface area (Å²) in [6.07, 6.45) is 2.80. The van der Waals surface area contributed by atoms with Gasteiger partial charge < -0.3 is 23.7 Å². The highest BCUT2D eigenvalue weighted by atomic mass is 16.5. The highest BCUT2D eigenvalue weighted by Gasteiger charge is 2.26. The number of fused-ring (bicyclic) bond motifs is 5. The topological polar surface area (TPSA) is 56.3 Å². The standard InChI is InChI=1S/C25H26N2O4/c28-25-21-3-1-2-19(21)20-8-9-23-22(24(20)31-25)15-27(16-30-23)18-6-4-17(5-7-18)14-26-10-12-29-13-11-26/h4-9H,1-3,10-16H2/p+1. The first-order valence-electron chi connectivity index (χ1n) is 11.2. The van der Waals surface area contributed by atoms with Crippen molar-refractivity contribution in [3.63, 3.8) is 0 Å². The maximum atomic E-state index is 12.5. The van der Waals surface area contributed by atoms with E-state index in [4.69, 9.17) is 13.9 Å². The van der Waals surface area contributed by atoms with Crippen LogP contribution in [0.25, 0.3) is 11.0 Å². The van der Waals surface area contributed by atoms with E-state index in [1.54, 1.807) is 4.90 Å². The van der Waals surface area contributed by atoms with Crippen LogP contribution in [-0.2, 0) is 30.7 Å². The van der Waals surface area contributed by atoms with Gasteiger partial charge in [0.25, 0.3) is 0 Å². The molecule has 2 aromatic carbocycles. The summed E-state index contributed by atoms with van der Waals surface area (Å²) in [5.41, 5.74) is 5.97. The molecule has 3 aromatic rings. The van der Waals surface area contributed by atoms with Crippen molar-refractivity contribution < 1.29 is 18.8 Å². The zero-order valence-corrected chi connectivity index (χ0v) is 17.6. The number of nitrogens with one attached hydrogen (secondary N) is 1. The molecule has 0 saturated carbocycles. The second-order valence-corrected chi connectivity index (χ2v) is 8.80. The van der Waals surface area contributed by atoms with E-state index in [1.165, 1.54) is 11.1 Å². The molecule has 1 aliphatic carbocycles. The Hall–Kier alpha value is -2.83. The first-order chi connectivity index (χ1) is 15.3. The van der Waals surface area contributed by atoms with Gasteiger partial charge >= 0.3 is 5.63 Å².